The number of rotatable bonds is 4. The van der Waals surface area contributed by atoms with Crippen LogP contribution in [0.3, 0.4) is 0 Å². The molecule has 0 aromatic heterocycles. The van der Waals surface area contributed by atoms with Crippen molar-refractivity contribution in [3.63, 3.8) is 0 Å². The molecule has 17 heavy (non-hydrogen) atoms. The highest BCUT2D eigenvalue weighted by Crippen LogP contribution is 2.32. The second-order valence-corrected chi connectivity index (χ2v) is 7.96. The second kappa shape index (κ2) is 5.24. The molecule has 2 rings (SSSR count). The topological polar surface area (TPSA) is 49.4 Å². The van der Waals surface area contributed by atoms with E-state index in [0.717, 1.165) is 25.6 Å². The average Bonchev–Trinajstić information content (AvgIpc) is 2.19. The molecule has 2 fully saturated rings. The van der Waals surface area contributed by atoms with E-state index >= 15 is 0 Å². The third kappa shape index (κ3) is 3.42. The van der Waals surface area contributed by atoms with E-state index in [1.165, 1.54) is 12.8 Å². The zero-order valence-corrected chi connectivity index (χ0v) is 11.7. The van der Waals surface area contributed by atoms with Gasteiger partial charge in [-0.15, -0.1) is 0 Å². The number of hydrogen-bond acceptors (Lipinski definition) is 4. The predicted octanol–water partition coefficient (Wildman–Crippen LogP) is 0.493. The minimum Gasteiger partial charge on any atom is -0.314 e. The first-order valence-corrected chi connectivity index (χ1v) is 8.48. The van der Waals surface area contributed by atoms with Crippen molar-refractivity contribution >= 4 is 9.84 Å². The summed E-state index contributed by atoms with van der Waals surface area (Å²) >= 11 is 0. The van der Waals surface area contributed by atoms with E-state index in [1.54, 1.807) is 0 Å². The predicted molar refractivity (Wildman–Crippen MR) is 69.9 cm³/mol. The lowest BCUT2D eigenvalue weighted by Gasteiger charge is -2.46. The zero-order valence-electron chi connectivity index (χ0n) is 10.9. The normalized spacial score (nSPS) is 33.6. The van der Waals surface area contributed by atoms with Gasteiger partial charge in [-0.05, 0) is 25.3 Å². The molecule has 4 nitrogen and oxygen atoms in total. The van der Waals surface area contributed by atoms with Crippen LogP contribution in [0.15, 0.2) is 0 Å². The fourth-order valence-corrected chi connectivity index (χ4v) is 3.95. The van der Waals surface area contributed by atoms with Crippen molar-refractivity contribution in [2.75, 3.05) is 31.1 Å². The Labute approximate surface area is 105 Å². The molecule has 0 bridgehead atoms. The molecule has 100 valence electrons. The molecular formula is C12H24N2O2S. The first-order valence-electron chi connectivity index (χ1n) is 6.66. The standard InChI is InChI=1S/C12H24N2O2S/c1-10(2)13-9-11-3-4-12(11)14-5-7-17(15,16)8-6-14/h10-13H,3-9H2,1-2H3. The molecule has 0 aromatic rings. The maximum atomic E-state index is 11.4. The largest absolute Gasteiger partial charge is 0.314 e. The Morgan fingerprint density at radius 1 is 1.24 bits per heavy atom. The van der Waals surface area contributed by atoms with Crippen LogP contribution in [0.2, 0.25) is 0 Å². The summed E-state index contributed by atoms with van der Waals surface area (Å²) in [6.07, 6.45) is 2.53. The zero-order chi connectivity index (χ0) is 12.5. The van der Waals surface area contributed by atoms with E-state index in [2.05, 4.69) is 24.1 Å². The smallest absolute Gasteiger partial charge is 0.152 e. The highest BCUT2D eigenvalue weighted by atomic mass is 32.2. The Bertz CT molecular complexity index is 340. The van der Waals surface area contributed by atoms with Crippen LogP contribution in [-0.2, 0) is 9.84 Å². The van der Waals surface area contributed by atoms with Crippen molar-refractivity contribution in [2.24, 2.45) is 5.92 Å². The van der Waals surface area contributed by atoms with Gasteiger partial charge < -0.3 is 5.32 Å². The summed E-state index contributed by atoms with van der Waals surface area (Å²) in [5, 5.41) is 3.49. The summed E-state index contributed by atoms with van der Waals surface area (Å²) in [7, 11) is -2.73. The highest BCUT2D eigenvalue weighted by Gasteiger charge is 2.37. The third-order valence-electron chi connectivity index (χ3n) is 4.01. The fourth-order valence-electron chi connectivity index (χ4n) is 2.72. The quantitative estimate of drug-likeness (QED) is 0.799. The van der Waals surface area contributed by atoms with Crippen molar-refractivity contribution in [3.8, 4) is 0 Å². The molecule has 2 atom stereocenters. The fraction of sp³-hybridized carbons (Fsp3) is 1.00. The maximum Gasteiger partial charge on any atom is 0.152 e. The van der Waals surface area contributed by atoms with Crippen LogP contribution in [-0.4, -0.2) is 56.5 Å². The van der Waals surface area contributed by atoms with Gasteiger partial charge in [0.05, 0.1) is 11.5 Å². The first-order chi connectivity index (χ1) is 7.98. The summed E-state index contributed by atoms with van der Waals surface area (Å²) in [4.78, 5) is 2.39. The molecule has 1 aliphatic carbocycles. The SMILES string of the molecule is CC(C)NCC1CCC1N1CCS(=O)(=O)CC1. The van der Waals surface area contributed by atoms with Gasteiger partial charge in [0, 0.05) is 25.2 Å². The van der Waals surface area contributed by atoms with Gasteiger partial charge in [0.25, 0.3) is 0 Å². The van der Waals surface area contributed by atoms with Gasteiger partial charge in [-0.2, -0.15) is 0 Å². The van der Waals surface area contributed by atoms with Crippen LogP contribution in [0.1, 0.15) is 26.7 Å². The summed E-state index contributed by atoms with van der Waals surface area (Å²) in [6, 6.07) is 1.16. The molecular weight excluding hydrogens is 236 g/mol. The Kier molecular flexibility index (Phi) is 4.10. The molecule has 1 saturated carbocycles. The van der Waals surface area contributed by atoms with Gasteiger partial charge in [0.2, 0.25) is 0 Å². The van der Waals surface area contributed by atoms with Gasteiger partial charge in [0.15, 0.2) is 9.84 Å². The molecule has 2 aliphatic rings. The Hall–Kier alpha value is -0.130. The molecule has 0 aromatic carbocycles. The van der Waals surface area contributed by atoms with Gasteiger partial charge >= 0.3 is 0 Å². The minimum absolute atomic E-state index is 0.355. The summed E-state index contributed by atoms with van der Waals surface area (Å²) in [5.74, 6) is 1.43. The lowest BCUT2D eigenvalue weighted by Crippen LogP contribution is -2.55. The van der Waals surface area contributed by atoms with Gasteiger partial charge in [0.1, 0.15) is 0 Å². The summed E-state index contributed by atoms with van der Waals surface area (Å²) < 4.78 is 22.8. The number of sulfone groups is 1. The third-order valence-corrected chi connectivity index (χ3v) is 5.62. The summed E-state index contributed by atoms with van der Waals surface area (Å²) in [6.45, 7) is 6.89. The molecule has 0 amide bonds. The molecule has 1 heterocycles. The molecule has 5 heteroatoms. The summed E-state index contributed by atoms with van der Waals surface area (Å²) in [5.41, 5.74) is 0. The molecule has 1 aliphatic heterocycles. The van der Waals surface area contributed by atoms with Crippen LogP contribution in [0, 0.1) is 5.92 Å². The van der Waals surface area contributed by atoms with Gasteiger partial charge in [-0.25, -0.2) is 8.42 Å². The van der Waals surface area contributed by atoms with E-state index in [4.69, 9.17) is 0 Å². The Morgan fingerprint density at radius 3 is 2.35 bits per heavy atom. The van der Waals surface area contributed by atoms with E-state index in [1.807, 2.05) is 0 Å². The van der Waals surface area contributed by atoms with Crippen molar-refractivity contribution < 1.29 is 8.42 Å². The van der Waals surface area contributed by atoms with E-state index in [9.17, 15) is 8.42 Å². The maximum absolute atomic E-state index is 11.4. The Balaban J connectivity index is 1.79. The number of nitrogens with one attached hydrogen (secondary N) is 1. The van der Waals surface area contributed by atoms with Crippen LogP contribution in [0.25, 0.3) is 0 Å². The second-order valence-electron chi connectivity index (χ2n) is 5.66. The van der Waals surface area contributed by atoms with Crippen molar-refractivity contribution in [2.45, 2.75) is 38.8 Å². The molecule has 2 unspecified atom stereocenters. The first kappa shape index (κ1) is 13.3. The Morgan fingerprint density at radius 2 is 1.88 bits per heavy atom. The van der Waals surface area contributed by atoms with Gasteiger partial charge in [-0.1, -0.05) is 13.8 Å². The lowest BCUT2D eigenvalue weighted by atomic mass is 9.78. The van der Waals surface area contributed by atoms with Gasteiger partial charge in [-0.3, -0.25) is 4.90 Å². The van der Waals surface area contributed by atoms with Crippen LogP contribution >= 0.6 is 0 Å². The highest BCUT2D eigenvalue weighted by molar-refractivity contribution is 7.91. The van der Waals surface area contributed by atoms with Crippen molar-refractivity contribution in [3.05, 3.63) is 0 Å². The van der Waals surface area contributed by atoms with Crippen molar-refractivity contribution in [1.82, 2.24) is 10.2 Å². The van der Waals surface area contributed by atoms with E-state index in [-0.39, 0.29) is 0 Å². The number of hydrogen-bond donors (Lipinski definition) is 1. The minimum atomic E-state index is -2.73. The van der Waals surface area contributed by atoms with E-state index < -0.39 is 9.84 Å². The molecule has 1 saturated heterocycles. The van der Waals surface area contributed by atoms with Crippen molar-refractivity contribution in [1.29, 1.82) is 0 Å². The lowest BCUT2D eigenvalue weighted by molar-refractivity contribution is 0.0678. The van der Waals surface area contributed by atoms with Crippen LogP contribution < -0.4 is 5.32 Å². The van der Waals surface area contributed by atoms with Crippen LogP contribution in [0.4, 0.5) is 0 Å². The molecule has 1 N–H and O–H groups in total. The van der Waals surface area contributed by atoms with Crippen LogP contribution in [0.5, 0.6) is 0 Å². The monoisotopic (exact) mass is 260 g/mol. The average molecular weight is 260 g/mol. The number of nitrogens with zero attached hydrogens (tertiary/aromatic N) is 1. The molecule has 0 radical (unpaired) electrons. The molecule has 0 spiro atoms. The van der Waals surface area contributed by atoms with E-state index in [0.29, 0.717) is 23.6 Å².